The fourth-order valence-electron chi connectivity index (χ4n) is 1.03. The maximum Gasteiger partial charge on any atom is 0.240 e. The first kappa shape index (κ1) is 12.2. The van der Waals surface area contributed by atoms with E-state index >= 15 is 0 Å². The average Bonchev–Trinajstić information content (AvgIpc) is 2.26. The van der Waals surface area contributed by atoms with Gasteiger partial charge in [-0.1, -0.05) is 12.1 Å². The van der Waals surface area contributed by atoms with Crippen LogP contribution in [0.2, 0.25) is 0 Å². The Morgan fingerprint density at radius 2 is 2.07 bits per heavy atom. The van der Waals surface area contributed by atoms with Crippen molar-refractivity contribution in [2.45, 2.75) is 11.8 Å². The lowest BCUT2D eigenvalue weighted by molar-refractivity contribution is 0.153. The molecule has 5 heteroatoms. The van der Waals surface area contributed by atoms with Gasteiger partial charge in [0.05, 0.1) is 11.5 Å². The van der Waals surface area contributed by atoms with Crippen LogP contribution < -0.4 is 4.72 Å². The van der Waals surface area contributed by atoms with Gasteiger partial charge in [-0.25, -0.2) is 13.1 Å². The van der Waals surface area contributed by atoms with Crippen molar-refractivity contribution in [2.24, 2.45) is 0 Å². The van der Waals surface area contributed by atoms with Gasteiger partial charge in [0.1, 0.15) is 0 Å². The largest absolute Gasteiger partial charge is 0.380 e. The van der Waals surface area contributed by atoms with E-state index in [4.69, 9.17) is 4.74 Å². The van der Waals surface area contributed by atoms with Crippen LogP contribution in [0.5, 0.6) is 0 Å². The number of hydrogen-bond donors (Lipinski definition) is 1. The molecule has 1 radical (unpaired) electrons. The summed E-state index contributed by atoms with van der Waals surface area (Å²) in [5.41, 5.74) is 0. The molecule has 0 saturated heterocycles. The van der Waals surface area contributed by atoms with Crippen LogP contribution in [-0.2, 0) is 14.8 Å². The van der Waals surface area contributed by atoms with E-state index in [9.17, 15) is 8.42 Å². The van der Waals surface area contributed by atoms with E-state index in [2.05, 4.69) is 10.8 Å². The molecule has 0 atom stereocenters. The number of ether oxygens (including phenoxy) is 1. The van der Waals surface area contributed by atoms with Crippen LogP contribution in [0.15, 0.2) is 29.2 Å². The van der Waals surface area contributed by atoms with Gasteiger partial charge >= 0.3 is 0 Å². The van der Waals surface area contributed by atoms with E-state index in [0.29, 0.717) is 13.2 Å². The highest BCUT2D eigenvalue weighted by Crippen LogP contribution is 2.05. The van der Waals surface area contributed by atoms with Gasteiger partial charge in [0.2, 0.25) is 10.0 Å². The second-order valence-electron chi connectivity index (χ2n) is 2.83. The molecule has 0 aliphatic heterocycles. The predicted octanol–water partition coefficient (Wildman–Crippen LogP) is 0.802. The summed E-state index contributed by atoms with van der Waals surface area (Å²) in [6.07, 6.45) is 0. The van der Waals surface area contributed by atoms with Gasteiger partial charge in [-0.3, -0.25) is 0 Å². The Morgan fingerprint density at radius 1 is 1.40 bits per heavy atom. The van der Waals surface area contributed by atoms with E-state index < -0.39 is 10.0 Å². The Morgan fingerprint density at radius 3 is 2.67 bits per heavy atom. The molecule has 0 amide bonds. The molecule has 1 aromatic rings. The Balaban J connectivity index is 2.53. The minimum absolute atomic E-state index is 0.248. The molecule has 0 aliphatic carbocycles. The van der Waals surface area contributed by atoms with E-state index in [-0.39, 0.29) is 11.4 Å². The monoisotopic (exact) mass is 228 g/mol. The van der Waals surface area contributed by atoms with Crippen molar-refractivity contribution in [1.29, 1.82) is 0 Å². The molecule has 4 nitrogen and oxygen atoms in total. The van der Waals surface area contributed by atoms with E-state index in [0.717, 1.165) is 0 Å². The first-order valence-corrected chi connectivity index (χ1v) is 6.18. The molecule has 0 spiro atoms. The molecule has 0 aliphatic rings. The molecular weight excluding hydrogens is 214 g/mol. The average molecular weight is 228 g/mol. The first-order chi connectivity index (χ1) is 7.17. The highest BCUT2D eigenvalue weighted by atomic mass is 32.2. The van der Waals surface area contributed by atoms with Gasteiger partial charge in [-0.15, -0.1) is 0 Å². The van der Waals surface area contributed by atoms with Crippen LogP contribution in [-0.4, -0.2) is 28.2 Å². The van der Waals surface area contributed by atoms with Crippen LogP contribution in [0, 0.1) is 6.07 Å². The van der Waals surface area contributed by atoms with Gasteiger partial charge in [-0.2, -0.15) is 0 Å². The minimum atomic E-state index is -3.39. The van der Waals surface area contributed by atoms with Gasteiger partial charge in [0, 0.05) is 13.2 Å². The van der Waals surface area contributed by atoms with Crippen LogP contribution >= 0.6 is 0 Å². The fourth-order valence-corrected chi connectivity index (χ4v) is 2.04. The van der Waals surface area contributed by atoms with Crippen LogP contribution in [0.1, 0.15) is 6.92 Å². The molecule has 15 heavy (non-hydrogen) atoms. The molecule has 0 fully saturated rings. The summed E-state index contributed by atoms with van der Waals surface area (Å²) < 4.78 is 30.7. The molecule has 0 unspecified atom stereocenters. The van der Waals surface area contributed by atoms with E-state index in [1.807, 2.05) is 6.92 Å². The molecule has 0 heterocycles. The van der Waals surface area contributed by atoms with Gasteiger partial charge in [0.15, 0.2) is 0 Å². The highest BCUT2D eigenvalue weighted by molar-refractivity contribution is 7.89. The number of rotatable bonds is 6. The predicted molar refractivity (Wildman–Crippen MR) is 57.0 cm³/mol. The van der Waals surface area contributed by atoms with Crippen molar-refractivity contribution in [3.05, 3.63) is 30.3 Å². The number of benzene rings is 1. The Kier molecular flexibility index (Phi) is 4.74. The SMILES string of the molecule is CCOCCNS(=O)(=O)c1cc[c]cc1. The van der Waals surface area contributed by atoms with Crippen LogP contribution in [0.4, 0.5) is 0 Å². The smallest absolute Gasteiger partial charge is 0.240 e. The highest BCUT2D eigenvalue weighted by Gasteiger charge is 2.11. The lowest BCUT2D eigenvalue weighted by Crippen LogP contribution is -2.27. The standard InChI is InChI=1S/C10H14NO3S/c1-2-14-9-8-11-15(12,13)10-6-4-3-5-7-10/h4-7,11H,2,8-9H2,1H3. The lowest BCUT2D eigenvalue weighted by atomic mass is 10.4. The van der Waals surface area contributed by atoms with E-state index in [1.54, 1.807) is 12.1 Å². The van der Waals surface area contributed by atoms with Crippen molar-refractivity contribution in [1.82, 2.24) is 4.72 Å². The fraction of sp³-hybridized carbons (Fsp3) is 0.400. The number of sulfonamides is 1. The molecule has 0 saturated carbocycles. The summed E-state index contributed by atoms with van der Waals surface area (Å²) in [4.78, 5) is 0.248. The normalized spacial score (nSPS) is 11.5. The Bertz CT molecular complexity index is 375. The van der Waals surface area contributed by atoms with Gasteiger partial charge in [0.25, 0.3) is 0 Å². The summed E-state index contributed by atoms with van der Waals surface area (Å²) >= 11 is 0. The second kappa shape index (κ2) is 5.85. The first-order valence-electron chi connectivity index (χ1n) is 4.70. The Hall–Kier alpha value is -0.910. The molecule has 0 bridgehead atoms. The van der Waals surface area contributed by atoms with Crippen LogP contribution in [0.25, 0.3) is 0 Å². The topological polar surface area (TPSA) is 55.4 Å². The number of nitrogens with one attached hydrogen (secondary N) is 1. The second-order valence-corrected chi connectivity index (χ2v) is 4.60. The molecule has 1 N–H and O–H groups in total. The lowest BCUT2D eigenvalue weighted by Gasteiger charge is -2.06. The maximum absolute atomic E-state index is 11.6. The maximum atomic E-state index is 11.6. The summed E-state index contributed by atoms with van der Waals surface area (Å²) in [6, 6.07) is 8.90. The molecule has 0 aromatic heterocycles. The van der Waals surface area contributed by atoms with Crippen molar-refractivity contribution >= 4 is 10.0 Å². The minimum Gasteiger partial charge on any atom is -0.380 e. The quantitative estimate of drug-likeness (QED) is 0.733. The van der Waals surface area contributed by atoms with Crippen molar-refractivity contribution in [3.8, 4) is 0 Å². The van der Waals surface area contributed by atoms with Crippen molar-refractivity contribution in [2.75, 3.05) is 19.8 Å². The summed E-state index contributed by atoms with van der Waals surface area (Å²) in [5, 5.41) is 0. The van der Waals surface area contributed by atoms with Gasteiger partial charge in [-0.05, 0) is 25.1 Å². The Labute approximate surface area is 90.3 Å². The zero-order valence-electron chi connectivity index (χ0n) is 8.56. The third-order valence-electron chi connectivity index (χ3n) is 1.74. The third kappa shape index (κ3) is 3.99. The summed E-state index contributed by atoms with van der Waals surface area (Å²) in [6.45, 7) is 3.12. The van der Waals surface area contributed by atoms with Crippen LogP contribution in [0.3, 0.4) is 0 Å². The van der Waals surface area contributed by atoms with Crippen molar-refractivity contribution in [3.63, 3.8) is 0 Å². The third-order valence-corrected chi connectivity index (χ3v) is 3.22. The summed E-state index contributed by atoms with van der Waals surface area (Å²) in [5.74, 6) is 0. The zero-order chi connectivity index (χ0) is 11.1. The van der Waals surface area contributed by atoms with E-state index in [1.165, 1.54) is 12.1 Å². The molecule has 83 valence electrons. The van der Waals surface area contributed by atoms with Gasteiger partial charge < -0.3 is 4.74 Å². The zero-order valence-corrected chi connectivity index (χ0v) is 9.38. The van der Waals surface area contributed by atoms with Crippen molar-refractivity contribution < 1.29 is 13.2 Å². The summed E-state index contributed by atoms with van der Waals surface area (Å²) in [7, 11) is -3.39. The molecular formula is C10H14NO3S. The molecule has 1 rings (SSSR count). The molecule has 1 aromatic carbocycles. The number of hydrogen-bond acceptors (Lipinski definition) is 3.